The lowest BCUT2D eigenvalue weighted by atomic mass is 9.71. The topological polar surface area (TPSA) is 83.7 Å². The van der Waals surface area contributed by atoms with Crippen LogP contribution in [0.2, 0.25) is 5.28 Å². The monoisotopic (exact) mass is 365 g/mol. The molecule has 3 aromatic rings. The van der Waals surface area contributed by atoms with Gasteiger partial charge in [-0.05, 0) is 54.1 Å². The predicted molar refractivity (Wildman–Crippen MR) is 99.5 cm³/mol. The third-order valence-corrected chi connectivity index (χ3v) is 4.88. The van der Waals surface area contributed by atoms with E-state index in [2.05, 4.69) is 26.3 Å². The zero-order valence-corrected chi connectivity index (χ0v) is 14.7. The number of hydrogen-bond acceptors (Lipinski definition) is 6. The van der Waals surface area contributed by atoms with Crippen LogP contribution in [0.4, 0.5) is 11.5 Å². The lowest BCUT2D eigenvalue weighted by Gasteiger charge is -2.34. The molecular weight excluding hydrogens is 350 g/mol. The number of ether oxygens (including phenoxy) is 1. The van der Waals surface area contributed by atoms with Crippen LogP contribution in [0, 0.1) is 16.7 Å². The number of nitrogens with zero attached hydrogens (tertiary/aromatic N) is 4. The third-order valence-electron chi connectivity index (χ3n) is 4.68. The minimum absolute atomic E-state index is 0.199. The first-order valence-corrected chi connectivity index (χ1v) is 8.73. The Morgan fingerprint density at radius 3 is 2.69 bits per heavy atom. The van der Waals surface area contributed by atoms with Gasteiger partial charge in [-0.2, -0.15) is 5.26 Å². The normalized spacial score (nSPS) is 15.1. The van der Waals surface area contributed by atoms with Crippen molar-refractivity contribution in [3.8, 4) is 11.8 Å². The Morgan fingerprint density at radius 2 is 2.00 bits per heavy atom. The Kier molecular flexibility index (Phi) is 4.31. The molecule has 7 heteroatoms. The smallest absolute Gasteiger partial charge is 0.222 e. The van der Waals surface area contributed by atoms with E-state index in [0.29, 0.717) is 18.1 Å². The number of nitriles is 1. The summed E-state index contributed by atoms with van der Waals surface area (Å²) in [4.78, 5) is 12.3. The van der Waals surface area contributed by atoms with Gasteiger partial charge < -0.3 is 10.1 Å². The Hall–Kier alpha value is -2.91. The average molecular weight is 366 g/mol. The molecule has 1 N–H and O–H groups in total. The number of halogens is 1. The molecule has 6 nitrogen and oxygen atoms in total. The van der Waals surface area contributed by atoms with E-state index >= 15 is 0 Å². The zero-order chi connectivity index (χ0) is 18.0. The van der Waals surface area contributed by atoms with Crippen LogP contribution in [-0.2, 0) is 0 Å². The molecule has 1 fully saturated rings. The van der Waals surface area contributed by atoms with Crippen LogP contribution >= 0.6 is 11.6 Å². The molecule has 0 aliphatic heterocycles. The van der Waals surface area contributed by atoms with Crippen molar-refractivity contribution in [2.75, 3.05) is 11.9 Å². The number of benzene rings is 1. The molecule has 0 spiro atoms. The second-order valence-corrected chi connectivity index (χ2v) is 6.78. The Morgan fingerprint density at radius 1 is 1.19 bits per heavy atom. The van der Waals surface area contributed by atoms with Gasteiger partial charge in [0.15, 0.2) is 0 Å². The number of anilines is 2. The second-order valence-electron chi connectivity index (χ2n) is 6.44. The van der Waals surface area contributed by atoms with Crippen LogP contribution in [0.15, 0.2) is 42.9 Å². The van der Waals surface area contributed by atoms with Gasteiger partial charge in [0.1, 0.15) is 18.2 Å². The molecule has 130 valence electrons. The molecule has 0 saturated heterocycles. The summed E-state index contributed by atoms with van der Waals surface area (Å²) in [6.45, 7) is 0.438. The summed E-state index contributed by atoms with van der Waals surface area (Å²) in [5.74, 6) is 1.46. The maximum absolute atomic E-state index is 9.31. The van der Waals surface area contributed by atoms with Crippen molar-refractivity contribution in [3.63, 3.8) is 0 Å². The quantitative estimate of drug-likeness (QED) is 0.670. The zero-order valence-electron chi connectivity index (χ0n) is 13.9. The van der Waals surface area contributed by atoms with Crippen LogP contribution < -0.4 is 10.1 Å². The number of nitrogens with one attached hydrogen (secondary N) is 1. The second kappa shape index (κ2) is 6.77. The fraction of sp³-hybridized carbons (Fsp3) is 0.263. The van der Waals surface area contributed by atoms with E-state index < -0.39 is 0 Å². The van der Waals surface area contributed by atoms with Crippen molar-refractivity contribution in [1.29, 1.82) is 5.26 Å². The van der Waals surface area contributed by atoms with Gasteiger partial charge in [-0.25, -0.2) is 15.0 Å². The predicted octanol–water partition coefficient (Wildman–Crippen LogP) is 4.49. The molecule has 2 heterocycles. The molecule has 2 aromatic heterocycles. The summed E-state index contributed by atoms with van der Waals surface area (Å²) in [7, 11) is 0. The van der Waals surface area contributed by atoms with Gasteiger partial charge in [0, 0.05) is 11.6 Å². The van der Waals surface area contributed by atoms with E-state index in [4.69, 9.17) is 16.3 Å². The summed E-state index contributed by atoms with van der Waals surface area (Å²) in [6.07, 6.45) is 7.87. The molecule has 0 radical (unpaired) electrons. The standard InChI is InChI=1S/C19H16ClN5O/c20-18-23-9-14(10-24-18)25-17-16-3-2-15(8-13(16)4-7-22-17)26-12-19(11-21)5-1-6-19/h2-4,7-10H,1,5-6,12H2,(H,22,25). The number of aromatic nitrogens is 3. The Balaban J connectivity index is 1.55. The first-order chi connectivity index (χ1) is 12.7. The summed E-state index contributed by atoms with van der Waals surface area (Å²) in [6, 6.07) is 10.1. The highest BCUT2D eigenvalue weighted by Gasteiger charge is 2.38. The minimum Gasteiger partial charge on any atom is -0.492 e. The van der Waals surface area contributed by atoms with Gasteiger partial charge in [-0.15, -0.1) is 0 Å². The highest BCUT2D eigenvalue weighted by Crippen LogP contribution is 2.40. The fourth-order valence-corrected chi connectivity index (χ4v) is 3.07. The molecule has 0 amide bonds. The highest BCUT2D eigenvalue weighted by atomic mass is 35.5. The van der Waals surface area contributed by atoms with E-state index in [1.165, 1.54) is 0 Å². The number of fused-ring (bicyclic) bond motifs is 1. The first kappa shape index (κ1) is 16.6. The Labute approximate surface area is 155 Å². The van der Waals surface area contributed by atoms with Gasteiger partial charge in [0.25, 0.3) is 0 Å². The van der Waals surface area contributed by atoms with E-state index in [1.54, 1.807) is 18.6 Å². The summed E-state index contributed by atoms with van der Waals surface area (Å²) in [5.41, 5.74) is 0.393. The molecule has 0 atom stereocenters. The van der Waals surface area contributed by atoms with Crippen molar-refractivity contribution in [3.05, 3.63) is 48.1 Å². The van der Waals surface area contributed by atoms with Crippen LogP contribution in [0.1, 0.15) is 19.3 Å². The maximum atomic E-state index is 9.31. The summed E-state index contributed by atoms with van der Waals surface area (Å²) >= 11 is 5.71. The largest absolute Gasteiger partial charge is 0.492 e. The summed E-state index contributed by atoms with van der Waals surface area (Å²) in [5, 5.41) is 14.7. The van der Waals surface area contributed by atoms with Crippen molar-refractivity contribution < 1.29 is 4.74 Å². The highest BCUT2D eigenvalue weighted by molar-refractivity contribution is 6.28. The van der Waals surface area contributed by atoms with Crippen LogP contribution in [-0.4, -0.2) is 21.6 Å². The van der Waals surface area contributed by atoms with Crippen molar-refractivity contribution in [1.82, 2.24) is 15.0 Å². The average Bonchev–Trinajstić information content (AvgIpc) is 2.63. The van der Waals surface area contributed by atoms with Crippen molar-refractivity contribution in [2.24, 2.45) is 5.41 Å². The van der Waals surface area contributed by atoms with Crippen molar-refractivity contribution in [2.45, 2.75) is 19.3 Å². The van der Waals surface area contributed by atoms with Gasteiger partial charge in [-0.1, -0.05) is 6.42 Å². The Bertz CT molecular complexity index is 979. The lowest BCUT2D eigenvalue weighted by Crippen LogP contribution is -2.34. The lowest BCUT2D eigenvalue weighted by molar-refractivity contribution is 0.115. The van der Waals surface area contributed by atoms with Gasteiger partial charge in [0.05, 0.1) is 29.6 Å². The van der Waals surface area contributed by atoms with Crippen LogP contribution in [0.25, 0.3) is 10.8 Å². The molecule has 1 aromatic carbocycles. The molecule has 0 unspecified atom stereocenters. The molecule has 26 heavy (non-hydrogen) atoms. The van der Waals surface area contributed by atoms with Crippen LogP contribution in [0.3, 0.4) is 0 Å². The maximum Gasteiger partial charge on any atom is 0.222 e. The molecule has 1 aliphatic rings. The minimum atomic E-state index is -0.311. The number of pyridine rings is 1. The summed E-state index contributed by atoms with van der Waals surface area (Å²) < 4.78 is 5.89. The number of rotatable bonds is 5. The van der Waals surface area contributed by atoms with E-state index in [-0.39, 0.29) is 10.7 Å². The van der Waals surface area contributed by atoms with E-state index in [0.717, 1.165) is 35.8 Å². The first-order valence-electron chi connectivity index (χ1n) is 8.35. The third kappa shape index (κ3) is 3.26. The number of hydrogen-bond donors (Lipinski definition) is 1. The van der Waals surface area contributed by atoms with Gasteiger partial charge in [-0.3, -0.25) is 0 Å². The van der Waals surface area contributed by atoms with Gasteiger partial charge >= 0.3 is 0 Å². The molecular formula is C19H16ClN5O. The molecule has 0 bridgehead atoms. The molecule has 1 aliphatic carbocycles. The van der Waals surface area contributed by atoms with E-state index in [9.17, 15) is 5.26 Å². The van der Waals surface area contributed by atoms with E-state index in [1.807, 2.05) is 24.3 Å². The molecule has 4 rings (SSSR count). The van der Waals surface area contributed by atoms with Crippen LogP contribution in [0.5, 0.6) is 5.75 Å². The van der Waals surface area contributed by atoms with Crippen molar-refractivity contribution >= 4 is 33.9 Å². The van der Waals surface area contributed by atoms with Gasteiger partial charge in [0.2, 0.25) is 5.28 Å². The molecule has 1 saturated carbocycles. The SMILES string of the molecule is N#CC1(COc2ccc3c(Nc4cnc(Cl)nc4)nccc3c2)CCC1. The fourth-order valence-electron chi connectivity index (χ4n) is 2.97.